The molecular formula is C22H28ClFN4O4S2. The maximum Gasteiger partial charge on any atom is 0.293 e. The third-order valence-corrected chi connectivity index (χ3v) is 9.18. The molecule has 0 amide bonds. The van der Waals surface area contributed by atoms with E-state index >= 15 is 0 Å². The topological polar surface area (TPSA) is 101 Å². The Labute approximate surface area is 207 Å². The number of hydrogen-bond acceptors (Lipinski definition) is 8. The van der Waals surface area contributed by atoms with E-state index in [1.807, 2.05) is 6.92 Å². The highest BCUT2D eigenvalue weighted by Gasteiger charge is 2.37. The molecule has 1 saturated carbocycles. The first-order valence-electron chi connectivity index (χ1n) is 11.2. The zero-order valence-electron chi connectivity index (χ0n) is 18.8. The van der Waals surface area contributed by atoms with E-state index in [1.165, 1.54) is 6.20 Å². The number of carbonyl (C=O) groups is 1. The SMILES string of the molecule is CC1(OC=O)CCN([C@H]2CCCC[C@@H]2Nc2cc(F)c(S(=O)(=O)Nc3nccs3)cc2Cl)CC1. The molecule has 0 bridgehead atoms. The second-order valence-corrected chi connectivity index (χ2v) is 12.0. The Hall–Kier alpha value is -1.95. The summed E-state index contributed by atoms with van der Waals surface area (Å²) in [6.45, 7) is 4.08. The van der Waals surface area contributed by atoms with Crippen LogP contribution in [0.2, 0.25) is 5.02 Å². The normalized spacial score (nSPS) is 23.3. The van der Waals surface area contributed by atoms with Gasteiger partial charge in [-0.2, -0.15) is 0 Å². The number of aromatic nitrogens is 1. The largest absolute Gasteiger partial charge is 0.461 e. The fourth-order valence-electron chi connectivity index (χ4n) is 4.77. The molecule has 1 aliphatic heterocycles. The van der Waals surface area contributed by atoms with Gasteiger partial charge in [0.2, 0.25) is 0 Å². The lowest BCUT2D eigenvalue weighted by molar-refractivity contribution is -0.147. The summed E-state index contributed by atoms with van der Waals surface area (Å²) in [7, 11) is -4.16. The molecule has 1 saturated heterocycles. The highest BCUT2D eigenvalue weighted by Crippen LogP contribution is 2.35. The van der Waals surface area contributed by atoms with E-state index in [1.54, 1.807) is 5.38 Å². The Morgan fingerprint density at radius 3 is 2.71 bits per heavy atom. The zero-order valence-corrected chi connectivity index (χ0v) is 21.2. The number of sulfonamides is 1. The summed E-state index contributed by atoms with van der Waals surface area (Å²) in [4.78, 5) is 16.6. The number of likely N-dealkylation sites (tertiary alicyclic amines) is 1. The lowest BCUT2D eigenvalue weighted by Gasteiger charge is -2.46. The summed E-state index contributed by atoms with van der Waals surface area (Å²) < 4.78 is 47.7. The summed E-state index contributed by atoms with van der Waals surface area (Å²) >= 11 is 7.51. The van der Waals surface area contributed by atoms with Gasteiger partial charge in [0.15, 0.2) is 5.13 Å². The Morgan fingerprint density at radius 1 is 1.29 bits per heavy atom. The third-order valence-electron chi connectivity index (χ3n) is 6.69. The van der Waals surface area contributed by atoms with Gasteiger partial charge in [-0.05, 0) is 44.7 Å². The Kier molecular flexibility index (Phi) is 7.66. The summed E-state index contributed by atoms with van der Waals surface area (Å²) in [6, 6.07) is 2.55. The summed E-state index contributed by atoms with van der Waals surface area (Å²) in [5.41, 5.74) is -0.0635. The molecular weight excluding hydrogens is 503 g/mol. The Morgan fingerprint density at radius 2 is 2.03 bits per heavy atom. The standard InChI is InChI=1S/C22H28ClFN4O4S2/c1-22(32-14-29)6-9-28(10-7-22)19-5-3-2-4-17(19)26-18-13-16(24)20(12-15(18)23)34(30,31)27-21-25-8-11-33-21/h8,11-14,17,19,26H,2-7,9-10H2,1H3,(H,25,27)/t17-,19-/m0/s1. The van der Waals surface area contributed by atoms with Crippen molar-refractivity contribution in [1.82, 2.24) is 9.88 Å². The highest BCUT2D eigenvalue weighted by atomic mass is 35.5. The van der Waals surface area contributed by atoms with Crippen molar-refractivity contribution in [3.05, 3.63) is 34.5 Å². The number of halogens is 2. The smallest absolute Gasteiger partial charge is 0.293 e. The second kappa shape index (κ2) is 10.3. The van der Waals surface area contributed by atoms with Crippen LogP contribution in [0.15, 0.2) is 28.6 Å². The quantitative estimate of drug-likeness (QED) is 0.485. The number of thiazole rings is 1. The monoisotopic (exact) mass is 530 g/mol. The van der Waals surface area contributed by atoms with Gasteiger partial charge < -0.3 is 10.1 Å². The number of carbonyl (C=O) groups excluding carboxylic acids is 1. The molecule has 2 aromatic rings. The Balaban J connectivity index is 1.49. The molecule has 186 valence electrons. The first-order valence-corrected chi connectivity index (χ1v) is 14.0. The van der Waals surface area contributed by atoms with Crippen LogP contribution in [0.3, 0.4) is 0 Å². The first-order chi connectivity index (χ1) is 16.2. The predicted molar refractivity (Wildman–Crippen MR) is 130 cm³/mol. The van der Waals surface area contributed by atoms with Gasteiger partial charge in [0, 0.05) is 36.8 Å². The fourth-order valence-corrected chi connectivity index (χ4v) is 6.93. The van der Waals surface area contributed by atoms with Crippen LogP contribution in [0.1, 0.15) is 45.4 Å². The van der Waals surface area contributed by atoms with E-state index in [4.69, 9.17) is 16.3 Å². The molecule has 1 aromatic carbocycles. The van der Waals surface area contributed by atoms with Crippen molar-refractivity contribution < 1.29 is 22.3 Å². The lowest BCUT2D eigenvalue weighted by atomic mass is 9.85. The van der Waals surface area contributed by atoms with Crippen LogP contribution in [0, 0.1) is 5.82 Å². The van der Waals surface area contributed by atoms with Crippen LogP contribution in [-0.4, -0.2) is 55.5 Å². The van der Waals surface area contributed by atoms with E-state index in [0.717, 1.165) is 75.1 Å². The molecule has 1 aromatic heterocycles. The van der Waals surface area contributed by atoms with E-state index in [9.17, 15) is 17.6 Å². The molecule has 2 atom stereocenters. The van der Waals surface area contributed by atoms with Crippen molar-refractivity contribution >= 4 is 50.3 Å². The summed E-state index contributed by atoms with van der Waals surface area (Å²) in [5, 5.41) is 5.29. The third kappa shape index (κ3) is 5.64. The van der Waals surface area contributed by atoms with Crippen molar-refractivity contribution in [1.29, 1.82) is 0 Å². The van der Waals surface area contributed by atoms with Crippen molar-refractivity contribution in [3.8, 4) is 0 Å². The molecule has 8 nitrogen and oxygen atoms in total. The minimum Gasteiger partial charge on any atom is -0.461 e. The number of benzene rings is 1. The van der Waals surface area contributed by atoms with Crippen molar-refractivity contribution in [2.75, 3.05) is 23.1 Å². The zero-order chi connectivity index (χ0) is 24.3. The molecule has 0 unspecified atom stereocenters. The van der Waals surface area contributed by atoms with E-state index in [2.05, 4.69) is 19.9 Å². The maximum atomic E-state index is 14.9. The predicted octanol–water partition coefficient (Wildman–Crippen LogP) is 4.49. The van der Waals surface area contributed by atoms with Crippen molar-refractivity contribution in [2.45, 2.75) is 68.0 Å². The first kappa shape index (κ1) is 25.2. The number of piperidine rings is 1. The van der Waals surface area contributed by atoms with Crippen LogP contribution in [0.5, 0.6) is 0 Å². The number of anilines is 2. The van der Waals surface area contributed by atoms with Crippen LogP contribution in [0.25, 0.3) is 0 Å². The maximum absolute atomic E-state index is 14.9. The molecule has 34 heavy (non-hydrogen) atoms. The van der Waals surface area contributed by atoms with E-state index in [-0.39, 0.29) is 22.2 Å². The second-order valence-electron chi connectivity index (χ2n) is 9.01. The lowest BCUT2D eigenvalue weighted by Crippen LogP contribution is -2.54. The van der Waals surface area contributed by atoms with Crippen LogP contribution in [-0.2, 0) is 19.6 Å². The molecule has 2 heterocycles. The van der Waals surface area contributed by atoms with E-state index < -0.39 is 26.3 Å². The van der Waals surface area contributed by atoms with Gasteiger partial charge in [0.25, 0.3) is 16.5 Å². The van der Waals surface area contributed by atoms with Gasteiger partial charge in [-0.3, -0.25) is 14.4 Å². The molecule has 2 aliphatic rings. The number of rotatable bonds is 8. The van der Waals surface area contributed by atoms with Crippen LogP contribution in [0.4, 0.5) is 15.2 Å². The van der Waals surface area contributed by atoms with Gasteiger partial charge in [-0.25, -0.2) is 17.8 Å². The van der Waals surface area contributed by atoms with Gasteiger partial charge in [-0.1, -0.05) is 24.4 Å². The number of nitrogens with zero attached hydrogens (tertiary/aromatic N) is 2. The van der Waals surface area contributed by atoms with Crippen LogP contribution >= 0.6 is 22.9 Å². The molecule has 0 spiro atoms. The molecule has 12 heteroatoms. The average Bonchev–Trinajstić information content (AvgIpc) is 3.29. The number of nitrogens with one attached hydrogen (secondary N) is 2. The molecule has 4 rings (SSSR count). The molecule has 0 radical (unpaired) electrons. The molecule has 2 N–H and O–H groups in total. The highest BCUT2D eigenvalue weighted by molar-refractivity contribution is 7.93. The fraction of sp³-hybridized carbons (Fsp3) is 0.545. The van der Waals surface area contributed by atoms with Crippen LogP contribution < -0.4 is 10.0 Å². The average molecular weight is 531 g/mol. The minimum absolute atomic E-state index is 0.0397. The minimum atomic E-state index is -4.16. The number of ether oxygens (including phenoxy) is 1. The summed E-state index contributed by atoms with van der Waals surface area (Å²) in [6.07, 6.45) is 6.99. The summed E-state index contributed by atoms with van der Waals surface area (Å²) in [5.74, 6) is -0.886. The van der Waals surface area contributed by atoms with Crippen molar-refractivity contribution in [3.63, 3.8) is 0 Å². The van der Waals surface area contributed by atoms with Gasteiger partial charge in [0.1, 0.15) is 16.3 Å². The van der Waals surface area contributed by atoms with Gasteiger partial charge in [0.05, 0.1) is 10.7 Å². The van der Waals surface area contributed by atoms with Crippen molar-refractivity contribution in [2.24, 2.45) is 0 Å². The number of hydrogen-bond donors (Lipinski definition) is 2. The van der Waals surface area contributed by atoms with Gasteiger partial charge in [-0.15, -0.1) is 11.3 Å². The van der Waals surface area contributed by atoms with E-state index in [0.29, 0.717) is 12.2 Å². The Bertz CT molecular complexity index is 1110. The van der Waals surface area contributed by atoms with Gasteiger partial charge >= 0.3 is 0 Å². The molecule has 1 aliphatic carbocycles. The molecule has 2 fully saturated rings.